The summed E-state index contributed by atoms with van der Waals surface area (Å²) in [6.07, 6.45) is 0. The van der Waals surface area contributed by atoms with Gasteiger partial charge in [-0.2, -0.15) is 0 Å². The summed E-state index contributed by atoms with van der Waals surface area (Å²) in [7, 11) is 0. The van der Waals surface area contributed by atoms with Gasteiger partial charge >= 0.3 is 0 Å². The molecular weight excluding hydrogens is 278 g/mol. The van der Waals surface area contributed by atoms with Crippen LogP contribution in [0.2, 0.25) is 5.02 Å². The molecule has 2 amide bonds. The van der Waals surface area contributed by atoms with E-state index in [0.29, 0.717) is 18.1 Å². The number of amides is 2. The first-order valence-electron chi connectivity index (χ1n) is 6.58. The number of hydrogen-bond donors (Lipinski definition) is 2. The minimum Gasteiger partial charge on any atom is -0.347 e. The maximum atomic E-state index is 12.2. The molecule has 20 heavy (non-hydrogen) atoms. The molecule has 6 heteroatoms. The number of benzene rings is 1. The lowest BCUT2D eigenvalue weighted by Gasteiger charge is -2.37. The summed E-state index contributed by atoms with van der Waals surface area (Å²) in [6.45, 7) is 3.43. The Labute approximate surface area is 123 Å². The van der Waals surface area contributed by atoms with Crippen LogP contribution in [0.3, 0.4) is 0 Å². The molecule has 1 atom stereocenters. The van der Waals surface area contributed by atoms with Gasteiger partial charge in [-0.25, -0.2) is 0 Å². The van der Waals surface area contributed by atoms with Gasteiger partial charge < -0.3 is 15.5 Å². The Kier molecular flexibility index (Phi) is 4.98. The zero-order valence-corrected chi connectivity index (χ0v) is 12.1. The van der Waals surface area contributed by atoms with Crippen molar-refractivity contribution in [1.29, 1.82) is 0 Å². The van der Waals surface area contributed by atoms with Crippen molar-refractivity contribution in [2.45, 2.75) is 13.0 Å². The second kappa shape index (κ2) is 6.72. The molecule has 108 valence electrons. The van der Waals surface area contributed by atoms with Crippen LogP contribution in [0.25, 0.3) is 0 Å². The second-order valence-electron chi connectivity index (χ2n) is 4.74. The summed E-state index contributed by atoms with van der Waals surface area (Å²) in [4.78, 5) is 24.9. The average Bonchev–Trinajstić information content (AvgIpc) is 2.45. The lowest BCUT2D eigenvalue weighted by Crippen LogP contribution is -2.51. The van der Waals surface area contributed by atoms with Crippen LogP contribution in [0, 0.1) is 0 Å². The van der Waals surface area contributed by atoms with Crippen LogP contribution in [-0.2, 0) is 9.59 Å². The summed E-state index contributed by atoms with van der Waals surface area (Å²) >= 11 is 6.22. The molecule has 1 aromatic carbocycles. The summed E-state index contributed by atoms with van der Waals surface area (Å²) in [6, 6.07) is 7.43. The fraction of sp³-hybridized carbons (Fsp3) is 0.429. The van der Waals surface area contributed by atoms with E-state index in [1.807, 2.05) is 24.3 Å². The van der Waals surface area contributed by atoms with Gasteiger partial charge in [0.2, 0.25) is 11.8 Å². The molecule has 0 aliphatic carbocycles. The van der Waals surface area contributed by atoms with Gasteiger partial charge in [0.05, 0.1) is 12.6 Å². The van der Waals surface area contributed by atoms with Crippen molar-refractivity contribution in [3.63, 3.8) is 0 Å². The topological polar surface area (TPSA) is 61.4 Å². The maximum Gasteiger partial charge on any atom is 0.242 e. The largest absolute Gasteiger partial charge is 0.347 e. The maximum absolute atomic E-state index is 12.2. The van der Waals surface area contributed by atoms with E-state index in [0.717, 1.165) is 12.1 Å². The van der Waals surface area contributed by atoms with Crippen molar-refractivity contribution in [2.75, 3.05) is 26.2 Å². The fourth-order valence-electron chi connectivity index (χ4n) is 2.33. The van der Waals surface area contributed by atoms with Gasteiger partial charge in [0, 0.05) is 31.6 Å². The van der Waals surface area contributed by atoms with Crippen LogP contribution < -0.4 is 10.6 Å². The molecule has 2 N–H and O–H groups in total. The number of piperazine rings is 1. The lowest BCUT2D eigenvalue weighted by molar-refractivity contribution is -0.135. The van der Waals surface area contributed by atoms with Gasteiger partial charge in [0.1, 0.15) is 0 Å². The second-order valence-corrected chi connectivity index (χ2v) is 5.15. The predicted molar refractivity (Wildman–Crippen MR) is 77.5 cm³/mol. The molecule has 0 saturated carbocycles. The zero-order valence-electron chi connectivity index (χ0n) is 11.4. The summed E-state index contributed by atoms with van der Waals surface area (Å²) in [5.41, 5.74) is 0.928. The average molecular weight is 296 g/mol. The van der Waals surface area contributed by atoms with Gasteiger partial charge in [-0.05, 0) is 11.6 Å². The molecule has 1 heterocycles. The Hall–Kier alpha value is -1.59. The number of carbonyl (C=O) groups excluding carboxylic acids is 2. The first-order valence-corrected chi connectivity index (χ1v) is 6.96. The standard InChI is InChI=1S/C14H18ClN3O2/c1-10(19)17-9-14(20)18-7-6-16-8-13(18)11-4-2-3-5-12(11)15/h2-5,13,16H,6-9H2,1H3,(H,17,19). The van der Waals surface area contributed by atoms with Crippen LogP contribution in [0.4, 0.5) is 0 Å². The van der Waals surface area contributed by atoms with Crippen molar-refractivity contribution < 1.29 is 9.59 Å². The first kappa shape index (κ1) is 14.8. The third-order valence-corrected chi connectivity index (χ3v) is 3.66. The number of nitrogens with zero attached hydrogens (tertiary/aromatic N) is 1. The van der Waals surface area contributed by atoms with E-state index in [2.05, 4.69) is 10.6 Å². The van der Waals surface area contributed by atoms with E-state index < -0.39 is 0 Å². The van der Waals surface area contributed by atoms with E-state index in [9.17, 15) is 9.59 Å². The SMILES string of the molecule is CC(=O)NCC(=O)N1CCNCC1c1ccccc1Cl. The summed E-state index contributed by atoms with van der Waals surface area (Å²) in [5, 5.41) is 6.47. The Balaban J connectivity index is 2.15. The Morgan fingerprint density at radius 1 is 1.45 bits per heavy atom. The molecular formula is C14H18ClN3O2. The van der Waals surface area contributed by atoms with Gasteiger partial charge in [-0.1, -0.05) is 29.8 Å². The molecule has 1 saturated heterocycles. The first-order chi connectivity index (χ1) is 9.59. The highest BCUT2D eigenvalue weighted by atomic mass is 35.5. The molecule has 2 rings (SSSR count). The quantitative estimate of drug-likeness (QED) is 0.873. The number of carbonyl (C=O) groups is 2. The number of rotatable bonds is 3. The van der Waals surface area contributed by atoms with Crippen LogP contribution in [0.1, 0.15) is 18.5 Å². The van der Waals surface area contributed by atoms with Gasteiger partial charge in [0.25, 0.3) is 0 Å². The van der Waals surface area contributed by atoms with Crippen LogP contribution in [0.5, 0.6) is 0 Å². The van der Waals surface area contributed by atoms with E-state index >= 15 is 0 Å². The van der Waals surface area contributed by atoms with Gasteiger partial charge in [-0.3, -0.25) is 9.59 Å². The molecule has 1 aliphatic rings. The van der Waals surface area contributed by atoms with Crippen LogP contribution in [0.15, 0.2) is 24.3 Å². The molecule has 1 fully saturated rings. The smallest absolute Gasteiger partial charge is 0.242 e. The van der Waals surface area contributed by atoms with Crippen LogP contribution >= 0.6 is 11.6 Å². The van der Waals surface area contributed by atoms with Crippen molar-refractivity contribution in [2.24, 2.45) is 0 Å². The summed E-state index contributed by atoms with van der Waals surface area (Å²) in [5.74, 6) is -0.297. The van der Waals surface area contributed by atoms with Crippen LogP contribution in [-0.4, -0.2) is 42.9 Å². The van der Waals surface area contributed by atoms with E-state index in [1.165, 1.54) is 6.92 Å². The molecule has 0 bridgehead atoms. The number of hydrogen-bond acceptors (Lipinski definition) is 3. The van der Waals surface area contributed by atoms with E-state index in [-0.39, 0.29) is 24.4 Å². The predicted octanol–water partition coefficient (Wildman–Crippen LogP) is 0.949. The fourth-order valence-corrected chi connectivity index (χ4v) is 2.59. The minimum absolute atomic E-state index is 0.0241. The van der Waals surface area contributed by atoms with E-state index in [1.54, 1.807) is 4.90 Å². The molecule has 0 spiro atoms. The normalized spacial score (nSPS) is 18.7. The highest BCUT2D eigenvalue weighted by Crippen LogP contribution is 2.28. The third kappa shape index (κ3) is 3.49. The number of halogens is 1. The van der Waals surface area contributed by atoms with Crippen molar-refractivity contribution in [3.05, 3.63) is 34.9 Å². The highest BCUT2D eigenvalue weighted by molar-refractivity contribution is 6.31. The molecule has 0 radical (unpaired) electrons. The molecule has 1 aromatic rings. The molecule has 1 aliphatic heterocycles. The lowest BCUT2D eigenvalue weighted by atomic mass is 10.0. The molecule has 5 nitrogen and oxygen atoms in total. The van der Waals surface area contributed by atoms with Crippen molar-refractivity contribution >= 4 is 23.4 Å². The zero-order chi connectivity index (χ0) is 14.5. The van der Waals surface area contributed by atoms with Gasteiger partial charge in [-0.15, -0.1) is 0 Å². The minimum atomic E-state index is -0.206. The monoisotopic (exact) mass is 295 g/mol. The summed E-state index contributed by atoms with van der Waals surface area (Å²) < 4.78 is 0. The number of nitrogens with one attached hydrogen (secondary N) is 2. The Morgan fingerprint density at radius 2 is 2.20 bits per heavy atom. The van der Waals surface area contributed by atoms with Crippen molar-refractivity contribution in [1.82, 2.24) is 15.5 Å². The van der Waals surface area contributed by atoms with Gasteiger partial charge in [0.15, 0.2) is 0 Å². The Morgan fingerprint density at radius 3 is 2.90 bits per heavy atom. The Bertz CT molecular complexity index is 507. The van der Waals surface area contributed by atoms with E-state index in [4.69, 9.17) is 11.6 Å². The third-order valence-electron chi connectivity index (χ3n) is 3.32. The molecule has 0 aromatic heterocycles. The van der Waals surface area contributed by atoms with Crippen molar-refractivity contribution in [3.8, 4) is 0 Å². The highest BCUT2D eigenvalue weighted by Gasteiger charge is 2.28. The molecule has 1 unspecified atom stereocenters.